The average molecular weight is 415 g/mol. The van der Waals surface area contributed by atoms with Crippen LogP contribution in [-0.2, 0) is 23.9 Å². The molecule has 0 bridgehead atoms. The van der Waals surface area contributed by atoms with Gasteiger partial charge in [0.05, 0.1) is 0 Å². The van der Waals surface area contributed by atoms with Crippen molar-refractivity contribution in [2.24, 2.45) is 28.6 Å². The van der Waals surface area contributed by atoms with Crippen molar-refractivity contribution in [2.75, 3.05) is 6.61 Å². The highest BCUT2D eigenvalue weighted by molar-refractivity contribution is 5.99. The van der Waals surface area contributed by atoms with Crippen LogP contribution in [0.4, 0.5) is 0 Å². The molecule has 0 aliphatic heterocycles. The fourth-order valence-corrected chi connectivity index (χ4v) is 7.21. The van der Waals surface area contributed by atoms with Crippen LogP contribution in [0.3, 0.4) is 0 Å². The number of carbonyl (C=O) groups is 3. The minimum atomic E-state index is -0.408. The molecule has 0 radical (unpaired) electrons. The Kier molecular flexibility index (Phi) is 5.44. The van der Waals surface area contributed by atoms with E-state index < -0.39 is 5.97 Å². The fraction of sp³-hybridized carbons (Fsp3) is 0.720. The van der Waals surface area contributed by atoms with Crippen LogP contribution in [-0.4, -0.2) is 30.4 Å². The maximum absolute atomic E-state index is 12.8. The van der Waals surface area contributed by atoms with E-state index in [0.717, 1.165) is 50.5 Å². The molecule has 0 N–H and O–H groups in total. The summed E-state index contributed by atoms with van der Waals surface area (Å²) in [7, 11) is 0. The number of allylic oxidation sites excluding steroid dienone is 2. The van der Waals surface area contributed by atoms with E-state index in [4.69, 9.17) is 9.47 Å². The third-order valence-corrected chi connectivity index (χ3v) is 8.68. The number of rotatable bonds is 4. The summed E-state index contributed by atoms with van der Waals surface area (Å²) < 4.78 is 10.5. The van der Waals surface area contributed by atoms with Gasteiger partial charge in [0.25, 0.3) is 0 Å². The van der Waals surface area contributed by atoms with Crippen molar-refractivity contribution in [3.63, 3.8) is 0 Å². The minimum absolute atomic E-state index is 0.0193. The summed E-state index contributed by atoms with van der Waals surface area (Å²) in [6.45, 7) is 7.36. The Morgan fingerprint density at radius 1 is 0.967 bits per heavy atom. The highest BCUT2D eigenvalue weighted by Crippen LogP contribution is 2.65. The van der Waals surface area contributed by atoms with Crippen molar-refractivity contribution in [3.05, 3.63) is 23.3 Å². The number of ether oxygens (including phenoxy) is 2. The second-order valence-electron chi connectivity index (χ2n) is 10.2. The molecule has 0 amide bonds. The number of esters is 2. The highest BCUT2D eigenvalue weighted by atomic mass is 16.5. The zero-order chi connectivity index (χ0) is 21.7. The van der Waals surface area contributed by atoms with Crippen LogP contribution in [0, 0.1) is 28.6 Å². The predicted molar refractivity (Wildman–Crippen MR) is 112 cm³/mol. The van der Waals surface area contributed by atoms with Crippen molar-refractivity contribution in [1.82, 2.24) is 0 Å². The molecule has 30 heavy (non-hydrogen) atoms. The van der Waals surface area contributed by atoms with E-state index in [9.17, 15) is 14.4 Å². The number of carbonyl (C=O) groups excluding carboxylic acids is 3. The molecule has 0 aromatic heterocycles. The van der Waals surface area contributed by atoms with E-state index in [1.54, 1.807) is 0 Å². The van der Waals surface area contributed by atoms with E-state index in [0.29, 0.717) is 17.8 Å². The van der Waals surface area contributed by atoms with Gasteiger partial charge in [0.2, 0.25) is 0 Å². The second kappa shape index (κ2) is 7.65. The van der Waals surface area contributed by atoms with Gasteiger partial charge in [-0.2, -0.15) is 0 Å². The molecule has 2 saturated carbocycles. The monoisotopic (exact) mass is 414 g/mol. The summed E-state index contributed by atoms with van der Waals surface area (Å²) in [6.07, 6.45) is 11.5. The Labute approximate surface area is 179 Å². The maximum atomic E-state index is 12.8. The standard InChI is InChI=1S/C25H34O5/c1-15(26)29-14-23(28)22-8-7-20-19-6-5-17-13-18(30-16(2)27)9-11-24(17,3)21(19)10-12-25(20,22)4/h5,8,18-21H,6-7,9-14H2,1-4H3/t18-,19-,20+,21+,24-,25-/m0/s1. The molecule has 5 heteroatoms. The van der Waals surface area contributed by atoms with Gasteiger partial charge < -0.3 is 9.47 Å². The van der Waals surface area contributed by atoms with E-state index >= 15 is 0 Å². The first-order valence-corrected chi connectivity index (χ1v) is 11.4. The van der Waals surface area contributed by atoms with Crippen molar-refractivity contribution >= 4 is 17.7 Å². The first-order valence-electron chi connectivity index (χ1n) is 11.4. The molecule has 0 heterocycles. The maximum Gasteiger partial charge on any atom is 0.303 e. The van der Waals surface area contributed by atoms with E-state index in [1.807, 2.05) is 0 Å². The number of hydrogen-bond acceptors (Lipinski definition) is 5. The number of fused-ring (bicyclic) bond motifs is 5. The SMILES string of the molecule is CC(=O)OCC(=O)C1=CC[C@@H]2[C@@H]3CC=C4C[C@@H](OC(C)=O)CC[C@]4(C)[C@@H]3CC[C@]12C. The van der Waals surface area contributed by atoms with Crippen LogP contribution in [0.2, 0.25) is 0 Å². The molecule has 0 unspecified atom stereocenters. The van der Waals surface area contributed by atoms with Gasteiger partial charge in [-0.15, -0.1) is 0 Å². The van der Waals surface area contributed by atoms with Crippen molar-refractivity contribution in [3.8, 4) is 0 Å². The summed E-state index contributed by atoms with van der Waals surface area (Å²) in [4.78, 5) is 35.3. The highest BCUT2D eigenvalue weighted by Gasteiger charge is 2.57. The molecule has 6 atom stereocenters. The Morgan fingerprint density at radius 3 is 2.40 bits per heavy atom. The molecule has 4 aliphatic rings. The summed E-state index contributed by atoms with van der Waals surface area (Å²) in [5.74, 6) is 1.02. The molecule has 0 saturated heterocycles. The van der Waals surface area contributed by atoms with Crippen LogP contribution in [0.1, 0.15) is 72.6 Å². The molecule has 0 aromatic carbocycles. The molecule has 4 aliphatic carbocycles. The first-order chi connectivity index (χ1) is 14.1. The molecule has 5 nitrogen and oxygen atoms in total. The van der Waals surface area contributed by atoms with Gasteiger partial charge >= 0.3 is 11.9 Å². The van der Waals surface area contributed by atoms with Crippen molar-refractivity contribution < 1.29 is 23.9 Å². The lowest BCUT2D eigenvalue weighted by atomic mass is 9.47. The van der Waals surface area contributed by atoms with Crippen molar-refractivity contribution in [2.45, 2.75) is 78.7 Å². The molecular formula is C25H34O5. The zero-order valence-corrected chi connectivity index (χ0v) is 18.7. The average Bonchev–Trinajstić information content (AvgIpc) is 3.03. The van der Waals surface area contributed by atoms with E-state index in [2.05, 4.69) is 26.0 Å². The summed E-state index contributed by atoms with van der Waals surface area (Å²) in [5.41, 5.74) is 2.41. The smallest absolute Gasteiger partial charge is 0.303 e. The summed E-state index contributed by atoms with van der Waals surface area (Å²) >= 11 is 0. The summed E-state index contributed by atoms with van der Waals surface area (Å²) in [5, 5.41) is 0. The zero-order valence-electron chi connectivity index (χ0n) is 18.7. The lowest BCUT2D eigenvalue weighted by molar-refractivity contribution is -0.148. The first kappa shape index (κ1) is 21.3. The quantitative estimate of drug-likeness (QED) is 0.499. The van der Waals surface area contributed by atoms with Crippen LogP contribution in [0.25, 0.3) is 0 Å². The van der Waals surface area contributed by atoms with Gasteiger partial charge in [-0.3, -0.25) is 14.4 Å². The third kappa shape index (κ3) is 3.44. The van der Waals surface area contributed by atoms with E-state index in [1.165, 1.54) is 19.4 Å². The Morgan fingerprint density at radius 2 is 1.70 bits per heavy atom. The van der Waals surface area contributed by atoms with Gasteiger partial charge in [0.15, 0.2) is 12.4 Å². The topological polar surface area (TPSA) is 69.7 Å². The Bertz CT molecular complexity index is 823. The van der Waals surface area contributed by atoms with Gasteiger partial charge in [0.1, 0.15) is 6.10 Å². The van der Waals surface area contributed by atoms with Crippen molar-refractivity contribution in [1.29, 1.82) is 0 Å². The largest absolute Gasteiger partial charge is 0.462 e. The molecule has 2 fully saturated rings. The Balaban J connectivity index is 1.52. The fourth-order valence-electron chi connectivity index (χ4n) is 7.21. The van der Waals surface area contributed by atoms with Crippen LogP contribution < -0.4 is 0 Å². The minimum Gasteiger partial charge on any atom is -0.462 e. The lowest BCUT2D eigenvalue weighted by Crippen LogP contribution is -2.50. The van der Waals surface area contributed by atoms with Crippen LogP contribution in [0.5, 0.6) is 0 Å². The second-order valence-corrected chi connectivity index (χ2v) is 10.2. The lowest BCUT2D eigenvalue weighted by Gasteiger charge is -2.57. The predicted octanol–water partition coefficient (Wildman–Crippen LogP) is 4.55. The molecule has 0 spiro atoms. The molecule has 164 valence electrons. The van der Waals surface area contributed by atoms with Crippen LogP contribution in [0.15, 0.2) is 23.3 Å². The third-order valence-electron chi connectivity index (χ3n) is 8.68. The summed E-state index contributed by atoms with van der Waals surface area (Å²) in [6, 6.07) is 0. The van der Waals surface area contributed by atoms with Gasteiger partial charge in [-0.1, -0.05) is 31.6 Å². The van der Waals surface area contributed by atoms with E-state index in [-0.39, 0.29) is 35.3 Å². The number of ketones is 1. The number of Topliss-reactive ketones (excluding diaryl/α,β-unsaturated/α-hetero) is 1. The van der Waals surface area contributed by atoms with Crippen LogP contribution >= 0.6 is 0 Å². The van der Waals surface area contributed by atoms with Gasteiger partial charge in [0, 0.05) is 25.8 Å². The molecular weight excluding hydrogens is 380 g/mol. The van der Waals surface area contributed by atoms with Gasteiger partial charge in [-0.05, 0) is 67.1 Å². The normalized spacial score (nSPS) is 39.6. The molecule has 4 rings (SSSR count). The molecule has 0 aromatic rings. The van der Waals surface area contributed by atoms with Gasteiger partial charge in [-0.25, -0.2) is 0 Å². The Hall–Kier alpha value is -1.91. The number of hydrogen-bond donors (Lipinski definition) is 0.